The van der Waals surface area contributed by atoms with Crippen LogP contribution in [-0.2, 0) is 6.54 Å². The maximum absolute atomic E-state index is 6.00. The Balaban J connectivity index is 2.20. The predicted octanol–water partition coefficient (Wildman–Crippen LogP) is 4.65. The third-order valence-electron chi connectivity index (χ3n) is 4.01. The lowest BCUT2D eigenvalue weighted by Gasteiger charge is -2.07. The molecule has 2 heterocycles. The van der Waals surface area contributed by atoms with E-state index in [-0.39, 0.29) is 0 Å². The first-order valence-electron chi connectivity index (χ1n) is 7.48. The molecule has 114 valence electrons. The van der Waals surface area contributed by atoms with Crippen LogP contribution in [0.4, 0.5) is 0 Å². The van der Waals surface area contributed by atoms with E-state index in [1.165, 1.54) is 5.56 Å². The fourth-order valence-corrected chi connectivity index (χ4v) is 3.32. The highest BCUT2D eigenvalue weighted by molar-refractivity contribution is 9.10. The summed E-state index contributed by atoms with van der Waals surface area (Å²) >= 11 is 3.55. The molecule has 0 amide bonds. The van der Waals surface area contributed by atoms with Gasteiger partial charge in [-0.25, -0.2) is 4.98 Å². The van der Waals surface area contributed by atoms with E-state index in [0.29, 0.717) is 12.5 Å². The summed E-state index contributed by atoms with van der Waals surface area (Å²) in [7, 11) is 0. The average Bonchev–Trinajstić information content (AvgIpc) is 2.86. The summed E-state index contributed by atoms with van der Waals surface area (Å²) in [4.78, 5) is 4.83. The Morgan fingerprint density at radius 1 is 1.23 bits per heavy atom. The highest BCUT2D eigenvalue weighted by atomic mass is 79.9. The van der Waals surface area contributed by atoms with Crippen LogP contribution in [0.5, 0.6) is 0 Å². The summed E-state index contributed by atoms with van der Waals surface area (Å²) in [6.45, 7) is 6.93. The Morgan fingerprint density at radius 3 is 2.50 bits per heavy atom. The number of aryl methyl sites for hydroxylation is 1. The van der Waals surface area contributed by atoms with Gasteiger partial charge in [0.2, 0.25) is 0 Å². The summed E-state index contributed by atoms with van der Waals surface area (Å²) in [5, 5.41) is 0. The molecule has 0 atom stereocenters. The zero-order chi connectivity index (χ0) is 15.9. The summed E-state index contributed by atoms with van der Waals surface area (Å²) in [5.41, 5.74) is 12.6. The van der Waals surface area contributed by atoms with E-state index in [9.17, 15) is 0 Å². The van der Waals surface area contributed by atoms with E-state index in [2.05, 4.69) is 71.4 Å². The second-order valence-corrected chi connectivity index (χ2v) is 6.84. The molecule has 0 fully saturated rings. The lowest BCUT2D eigenvalue weighted by molar-refractivity contribution is 0.867. The van der Waals surface area contributed by atoms with Gasteiger partial charge in [0.15, 0.2) is 0 Å². The molecule has 0 saturated heterocycles. The van der Waals surface area contributed by atoms with E-state index in [0.717, 1.165) is 32.6 Å². The molecule has 2 N–H and O–H groups in total. The Hall–Kier alpha value is -1.65. The average molecular weight is 358 g/mol. The van der Waals surface area contributed by atoms with Crippen molar-refractivity contribution in [3.05, 3.63) is 57.8 Å². The standard InChI is InChI=1S/C18H20BrN3/c1-11(2)13-4-6-14(7-5-13)17-16(9-20)22-10-15(19)8-12(3)18(22)21-17/h4-8,10-11H,9,20H2,1-3H3. The number of benzene rings is 1. The van der Waals surface area contributed by atoms with Crippen molar-refractivity contribution < 1.29 is 0 Å². The molecule has 3 rings (SSSR count). The van der Waals surface area contributed by atoms with Crippen molar-refractivity contribution in [1.82, 2.24) is 9.38 Å². The van der Waals surface area contributed by atoms with Crippen molar-refractivity contribution in [1.29, 1.82) is 0 Å². The molecule has 0 saturated carbocycles. The van der Waals surface area contributed by atoms with Crippen molar-refractivity contribution in [3.8, 4) is 11.3 Å². The fourth-order valence-electron chi connectivity index (χ4n) is 2.77. The van der Waals surface area contributed by atoms with Crippen molar-refractivity contribution in [2.45, 2.75) is 33.2 Å². The van der Waals surface area contributed by atoms with Crippen LogP contribution in [0, 0.1) is 6.92 Å². The molecule has 0 aliphatic heterocycles. The number of halogens is 1. The lowest BCUT2D eigenvalue weighted by atomic mass is 10.0. The molecular weight excluding hydrogens is 338 g/mol. The van der Waals surface area contributed by atoms with E-state index >= 15 is 0 Å². The third kappa shape index (κ3) is 2.57. The number of pyridine rings is 1. The second-order valence-electron chi connectivity index (χ2n) is 5.92. The highest BCUT2D eigenvalue weighted by Gasteiger charge is 2.15. The fraction of sp³-hybridized carbons (Fsp3) is 0.278. The molecule has 22 heavy (non-hydrogen) atoms. The number of rotatable bonds is 3. The van der Waals surface area contributed by atoms with Gasteiger partial charge < -0.3 is 10.1 Å². The Morgan fingerprint density at radius 2 is 1.91 bits per heavy atom. The zero-order valence-corrected chi connectivity index (χ0v) is 14.7. The van der Waals surface area contributed by atoms with Gasteiger partial charge in [-0.2, -0.15) is 0 Å². The van der Waals surface area contributed by atoms with Crippen molar-refractivity contribution >= 4 is 21.6 Å². The van der Waals surface area contributed by atoms with Crippen LogP contribution < -0.4 is 5.73 Å². The molecule has 0 aliphatic carbocycles. The Labute approximate surface area is 139 Å². The molecule has 3 nitrogen and oxygen atoms in total. The molecule has 2 aromatic heterocycles. The minimum Gasteiger partial charge on any atom is -0.325 e. The summed E-state index contributed by atoms with van der Waals surface area (Å²) < 4.78 is 3.12. The van der Waals surface area contributed by atoms with Crippen LogP contribution in [0.15, 0.2) is 41.0 Å². The largest absolute Gasteiger partial charge is 0.325 e. The van der Waals surface area contributed by atoms with E-state index < -0.39 is 0 Å². The molecule has 1 aromatic carbocycles. The normalized spacial score (nSPS) is 11.5. The van der Waals surface area contributed by atoms with Gasteiger partial charge in [-0.3, -0.25) is 0 Å². The molecule has 0 spiro atoms. The number of nitrogens with two attached hydrogens (primary N) is 1. The topological polar surface area (TPSA) is 43.3 Å². The number of fused-ring (bicyclic) bond motifs is 1. The van der Waals surface area contributed by atoms with E-state index in [1.54, 1.807) is 0 Å². The summed E-state index contributed by atoms with van der Waals surface area (Å²) in [6, 6.07) is 10.7. The first-order chi connectivity index (χ1) is 10.5. The summed E-state index contributed by atoms with van der Waals surface area (Å²) in [5.74, 6) is 0.530. The number of aromatic nitrogens is 2. The van der Waals surface area contributed by atoms with Gasteiger partial charge >= 0.3 is 0 Å². The molecule has 3 aromatic rings. The number of hydrogen-bond donors (Lipinski definition) is 1. The van der Waals surface area contributed by atoms with E-state index in [4.69, 9.17) is 10.7 Å². The van der Waals surface area contributed by atoms with Crippen molar-refractivity contribution in [2.24, 2.45) is 5.73 Å². The monoisotopic (exact) mass is 357 g/mol. The molecule has 4 heteroatoms. The van der Waals surface area contributed by atoms with Crippen LogP contribution in [0.1, 0.15) is 36.6 Å². The smallest absolute Gasteiger partial charge is 0.140 e. The van der Waals surface area contributed by atoms with Gasteiger partial charge in [0.1, 0.15) is 5.65 Å². The Bertz CT molecular complexity index is 816. The van der Waals surface area contributed by atoms with Gasteiger partial charge in [-0.05, 0) is 46.0 Å². The maximum Gasteiger partial charge on any atom is 0.140 e. The Kier molecular flexibility index (Phi) is 4.06. The van der Waals surface area contributed by atoms with Gasteiger partial charge in [-0.15, -0.1) is 0 Å². The van der Waals surface area contributed by atoms with Crippen LogP contribution in [0.25, 0.3) is 16.9 Å². The first kappa shape index (κ1) is 15.3. The van der Waals surface area contributed by atoms with Crippen LogP contribution in [0.2, 0.25) is 0 Å². The predicted molar refractivity (Wildman–Crippen MR) is 95.0 cm³/mol. The van der Waals surface area contributed by atoms with Crippen LogP contribution in [0.3, 0.4) is 0 Å². The van der Waals surface area contributed by atoms with Gasteiger partial charge in [0.05, 0.1) is 11.4 Å². The maximum atomic E-state index is 6.00. The van der Waals surface area contributed by atoms with Gasteiger partial charge in [-0.1, -0.05) is 38.1 Å². The highest BCUT2D eigenvalue weighted by Crippen LogP contribution is 2.28. The van der Waals surface area contributed by atoms with Gasteiger partial charge in [0.25, 0.3) is 0 Å². The SMILES string of the molecule is Cc1cc(Br)cn2c(CN)c(-c3ccc(C(C)C)cc3)nc12. The minimum absolute atomic E-state index is 0.457. The lowest BCUT2D eigenvalue weighted by Crippen LogP contribution is -2.03. The molecule has 0 unspecified atom stereocenters. The molecule has 0 radical (unpaired) electrons. The number of imidazole rings is 1. The van der Waals surface area contributed by atoms with Gasteiger partial charge in [0, 0.05) is 22.8 Å². The van der Waals surface area contributed by atoms with Crippen molar-refractivity contribution in [3.63, 3.8) is 0 Å². The quantitative estimate of drug-likeness (QED) is 0.740. The first-order valence-corrected chi connectivity index (χ1v) is 8.28. The second kappa shape index (κ2) is 5.86. The molecule has 0 bridgehead atoms. The third-order valence-corrected chi connectivity index (χ3v) is 4.45. The summed E-state index contributed by atoms with van der Waals surface area (Å²) in [6.07, 6.45) is 2.03. The van der Waals surface area contributed by atoms with Crippen LogP contribution >= 0.6 is 15.9 Å². The number of nitrogens with zero attached hydrogens (tertiary/aromatic N) is 2. The van der Waals surface area contributed by atoms with Crippen molar-refractivity contribution in [2.75, 3.05) is 0 Å². The number of hydrogen-bond acceptors (Lipinski definition) is 2. The molecular formula is C18H20BrN3. The van der Waals surface area contributed by atoms with Crippen LogP contribution in [-0.4, -0.2) is 9.38 Å². The van der Waals surface area contributed by atoms with E-state index in [1.807, 2.05) is 6.20 Å². The zero-order valence-electron chi connectivity index (χ0n) is 13.1. The minimum atomic E-state index is 0.457. The molecule has 0 aliphatic rings.